The summed E-state index contributed by atoms with van der Waals surface area (Å²) in [6, 6.07) is 0. The number of epoxide rings is 1. The molecule has 0 aromatic rings. The maximum Gasteiger partial charge on any atom is 0.157 e. The summed E-state index contributed by atoms with van der Waals surface area (Å²) in [5.41, 5.74) is 0.0431. The van der Waals surface area contributed by atoms with Crippen molar-refractivity contribution in [2.45, 2.75) is 37.9 Å². The van der Waals surface area contributed by atoms with Gasteiger partial charge in [0, 0.05) is 0 Å². The fraction of sp³-hybridized carbons (Fsp3) is 1.00. The van der Waals surface area contributed by atoms with Gasteiger partial charge in [-0.25, -0.2) is 0 Å². The Morgan fingerprint density at radius 1 is 1.62 bits per heavy atom. The predicted molar refractivity (Wildman–Crippen MR) is 34.0 cm³/mol. The molecule has 0 N–H and O–H groups in total. The first kappa shape index (κ1) is 6.37. The van der Waals surface area contributed by atoms with Gasteiger partial charge in [0.2, 0.25) is 0 Å². The average Bonchev–Trinajstić information content (AvgIpc) is 2.42. The normalized spacial score (nSPS) is 35.2. The molecular formula is C6H11ClO. The molecule has 0 saturated carbocycles. The number of alkyl halides is 1. The first-order chi connectivity index (χ1) is 3.84. The van der Waals surface area contributed by atoms with Crippen molar-refractivity contribution in [3.05, 3.63) is 0 Å². The maximum atomic E-state index is 5.57. The second kappa shape index (κ2) is 2.70. The maximum absolute atomic E-state index is 5.57. The van der Waals surface area contributed by atoms with Crippen molar-refractivity contribution in [3.8, 4) is 0 Å². The molecule has 1 saturated heterocycles. The Hall–Kier alpha value is 0.250. The third-order valence-electron chi connectivity index (χ3n) is 1.36. The molecule has 1 heterocycles. The van der Waals surface area contributed by atoms with Crippen LogP contribution in [0.4, 0.5) is 0 Å². The van der Waals surface area contributed by atoms with Crippen LogP contribution in [0.1, 0.15) is 26.2 Å². The Bertz CT molecular complexity index is 74.9. The van der Waals surface area contributed by atoms with Crippen LogP contribution in [0.15, 0.2) is 0 Å². The zero-order valence-corrected chi connectivity index (χ0v) is 5.82. The van der Waals surface area contributed by atoms with Crippen LogP contribution in [0.25, 0.3) is 0 Å². The lowest BCUT2D eigenvalue weighted by molar-refractivity contribution is 0.383. The summed E-state index contributed by atoms with van der Waals surface area (Å²) in [5, 5.41) is 0. The van der Waals surface area contributed by atoms with Crippen LogP contribution in [0.3, 0.4) is 0 Å². The zero-order chi connectivity index (χ0) is 5.98. The monoisotopic (exact) mass is 134 g/mol. The van der Waals surface area contributed by atoms with Gasteiger partial charge >= 0.3 is 0 Å². The standard InChI is InChI=1S/C6H11ClO/c1-2-3-4-5-6(7)8-5/h5-6H,2-4H2,1H3/t5-,6-/m0/s1. The van der Waals surface area contributed by atoms with E-state index >= 15 is 0 Å². The highest BCUT2D eigenvalue weighted by molar-refractivity contribution is 6.21. The predicted octanol–water partition coefficient (Wildman–Crippen LogP) is 2.14. The van der Waals surface area contributed by atoms with Gasteiger partial charge < -0.3 is 4.74 Å². The molecule has 0 aromatic carbocycles. The van der Waals surface area contributed by atoms with E-state index < -0.39 is 0 Å². The first-order valence-corrected chi connectivity index (χ1v) is 3.57. The van der Waals surface area contributed by atoms with Crippen molar-refractivity contribution in [2.75, 3.05) is 0 Å². The molecular weight excluding hydrogens is 124 g/mol. The Morgan fingerprint density at radius 3 is 2.62 bits per heavy atom. The molecule has 0 radical (unpaired) electrons. The lowest BCUT2D eigenvalue weighted by atomic mass is 10.2. The summed E-state index contributed by atoms with van der Waals surface area (Å²) < 4.78 is 4.98. The molecule has 2 atom stereocenters. The summed E-state index contributed by atoms with van der Waals surface area (Å²) >= 11 is 5.57. The van der Waals surface area contributed by atoms with Crippen molar-refractivity contribution in [3.63, 3.8) is 0 Å². The SMILES string of the molecule is CCCC[C@@H]1O[C@@H]1Cl. The van der Waals surface area contributed by atoms with Gasteiger partial charge in [-0.1, -0.05) is 31.4 Å². The Morgan fingerprint density at radius 2 is 2.25 bits per heavy atom. The number of unbranched alkanes of at least 4 members (excludes halogenated alkanes) is 1. The van der Waals surface area contributed by atoms with Crippen LogP contribution < -0.4 is 0 Å². The highest BCUT2D eigenvalue weighted by Crippen LogP contribution is 2.29. The lowest BCUT2D eigenvalue weighted by Crippen LogP contribution is -1.85. The second-order valence-corrected chi connectivity index (χ2v) is 2.60. The van der Waals surface area contributed by atoms with Gasteiger partial charge in [0.25, 0.3) is 0 Å². The number of rotatable bonds is 3. The van der Waals surface area contributed by atoms with Gasteiger partial charge in [-0.15, -0.1) is 0 Å². The zero-order valence-electron chi connectivity index (χ0n) is 5.06. The molecule has 1 nitrogen and oxygen atoms in total. The van der Waals surface area contributed by atoms with E-state index in [4.69, 9.17) is 16.3 Å². The van der Waals surface area contributed by atoms with E-state index in [1.54, 1.807) is 0 Å². The third kappa shape index (κ3) is 1.64. The number of hydrogen-bond acceptors (Lipinski definition) is 1. The van der Waals surface area contributed by atoms with Crippen LogP contribution in [0.2, 0.25) is 0 Å². The summed E-state index contributed by atoms with van der Waals surface area (Å²) in [6.07, 6.45) is 4.01. The van der Waals surface area contributed by atoms with Crippen LogP contribution in [0.5, 0.6) is 0 Å². The molecule has 0 amide bonds. The Kier molecular flexibility index (Phi) is 2.15. The number of ether oxygens (including phenoxy) is 1. The topological polar surface area (TPSA) is 12.5 Å². The van der Waals surface area contributed by atoms with E-state index in [2.05, 4.69) is 6.92 Å². The fourth-order valence-electron chi connectivity index (χ4n) is 0.726. The summed E-state index contributed by atoms with van der Waals surface area (Å²) in [6.45, 7) is 2.17. The molecule has 1 fully saturated rings. The molecule has 0 aromatic heterocycles. The quantitative estimate of drug-likeness (QED) is 0.426. The Balaban J connectivity index is 1.89. The van der Waals surface area contributed by atoms with Crippen LogP contribution in [0, 0.1) is 0 Å². The molecule has 2 heteroatoms. The molecule has 1 rings (SSSR count). The van der Waals surface area contributed by atoms with Crippen LogP contribution >= 0.6 is 11.6 Å². The van der Waals surface area contributed by atoms with Gasteiger partial charge in [-0.2, -0.15) is 0 Å². The number of hydrogen-bond donors (Lipinski definition) is 0. The van der Waals surface area contributed by atoms with E-state index in [0.29, 0.717) is 6.10 Å². The minimum atomic E-state index is 0.0431. The van der Waals surface area contributed by atoms with Crippen molar-refractivity contribution in [2.24, 2.45) is 0 Å². The van der Waals surface area contributed by atoms with E-state index in [1.807, 2.05) is 0 Å². The van der Waals surface area contributed by atoms with Gasteiger partial charge in [0.1, 0.15) is 0 Å². The van der Waals surface area contributed by atoms with Crippen LogP contribution in [-0.4, -0.2) is 11.7 Å². The van der Waals surface area contributed by atoms with E-state index in [9.17, 15) is 0 Å². The molecule has 0 bridgehead atoms. The molecule has 1 aliphatic rings. The van der Waals surface area contributed by atoms with Crippen molar-refractivity contribution in [1.29, 1.82) is 0 Å². The molecule has 0 spiro atoms. The second-order valence-electron chi connectivity index (χ2n) is 2.17. The van der Waals surface area contributed by atoms with E-state index in [-0.39, 0.29) is 5.56 Å². The van der Waals surface area contributed by atoms with Gasteiger partial charge in [-0.05, 0) is 6.42 Å². The highest BCUT2D eigenvalue weighted by Gasteiger charge is 2.35. The van der Waals surface area contributed by atoms with Gasteiger partial charge in [-0.3, -0.25) is 0 Å². The minimum absolute atomic E-state index is 0.0431. The molecule has 8 heavy (non-hydrogen) atoms. The molecule has 0 unspecified atom stereocenters. The van der Waals surface area contributed by atoms with Crippen molar-refractivity contribution >= 4 is 11.6 Å². The number of halogens is 1. The summed E-state index contributed by atoms with van der Waals surface area (Å²) in [5.74, 6) is 0. The summed E-state index contributed by atoms with van der Waals surface area (Å²) in [4.78, 5) is 0. The van der Waals surface area contributed by atoms with E-state index in [1.165, 1.54) is 12.8 Å². The van der Waals surface area contributed by atoms with Crippen molar-refractivity contribution in [1.82, 2.24) is 0 Å². The smallest absolute Gasteiger partial charge is 0.157 e. The molecule has 48 valence electrons. The van der Waals surface area contributed by atoms with Gasteiger partial charge in [0.05, 0.1) is 6.10 Å². The molecule has 0 aliphatic carbocycles. The lowest BCUT2D eigenvalue weighted by Gasteiger charge is -1.87. The van der Waals surface area contributed by atoms with E-state index in [0.717, 1.165) is 6.42 Å². The van der Waals surface area contributed by atoms with Crippen molar-refractivity contribution < 1.29 is 4.74 Å². The fourth-order valence-corrected chi connectivity index (χ4v) is 0.984. The van der Waals surface area contributed by atoms with Gasteiger partial charge in [0.15, 0.2) is 5.56 Å². The first-order valence-electron chi connectivity index (χ1n) is 3.14. The summed E-state index contributed by atoms with van der Waals surface area (Å²) in [7, 11) is 0. The highest BCUT2D eigenvalue weighted by atomic mass is 35.5. The average molecular weight is 135 g/mol. The largest absolute Gasteiger partial charge is 0.352 e. The van der Waals surface area contributed by atoms with Crippen LogP contribution in [-0.2, 0) is 4.74 Å². The molecule has 1 aliphatic heterocycles. The third-order valence-corrected chi connectivity index (χ3v) is 1.75. The minimum Gasteiger partial charge on any atom is -0.352 e. The Labute approximate surface area is 55.0 Å².